The minimum atomic E-state index is -0.571. The van der Waals surface area contributed by atoms with Gasteiger partial charge in [0, 0.05) is 24.6 Å². The number of hydrogen-bond acceptors (Lipinski definition) is 7. The number of anilines is 1. The maximum Gasteiger partial charge on any atom is 0.338 e. The van der Waals surface area contributed by atoms with Gasteiger partial charge in [0.05, 0.1) is 11.3 Å². The van der Waals surface area contributed by atoms with Gasteiger partial charge in [-0.1, -0.05) is 5.16 Å². The predicted molar refractivity (Wildman–Crippen MR) is 91.6 cm³/mol. The molecule has 4 rings (SSSR count). The van der Waals surface area contributed by atoms with E-state index in [9.17, 15) is 4.79 Å². The summed E-state index contributed by atoms with van der Waals surface area (Å²) in [7, 11) is 0. The monoisotopic (exact) mass is 340 g/mol. The third kappa shape index (κ3) is 3.40. The molecule has 0 radical (unpaired) electrons. The number of aromatic nitrogens is 2. The summed E-state index contributed by atoms with van der Waals surface area (Å²) in [6.45, 7) is 4.62. The van der Waals surface area contributed by atoms with E-state index in [1.54, 1.807) is 19.1 Å². The number of nitrogens with zero attached hydrogens (tertiary/aromatic N) is 4. The van der Waals surface area contributed by atoms with Crippen LogP contribution in [0, 0.1) is 0 Å². The van der Waals surface area contributed by atoms with Crippen LogP contribution in [0.3, 0.4) is 0 Å². The Morgan fingerprint density at radius 3 is 2.72 bits per heavy atom. The molecule has 2 aliphatic rings. The molecule has 1 aromatic carbocycles. The van der Waals surface area contributed by atoms with Gasteiger partial charge in [-0.3, -0.25) is 5.01 Å². The van der Waals surface area contributed by atoms with Crippen molar-refractivity contribution < 1.29 is 14.1 Å². The standard InChI is InChI=1S/C18H20N4O3/c1-11-9-10-22(20-11)15-7-5-14(6-8-15)18(23)24-12(2)17-19-16(21-25-17)13-3-4-13/h5-8,12-13H,3-4,9-10H2,1-2H3/t12-/m1/s1. The Bertz CT molecular complexity index is 808. The molecule has 2 heterocycles. The molecule has 0 N–H and O–H groups in total. The van der Waals surface area contributed by atoms with Gasteiger partial charge in [-0.05, 0) is 51.0 Å². The molecule has 1 aromatic heterocycles. The Hall–Kier alpha value is -2.70. The van der Waals surface area contributed by atoms with Gasteiger partial charge in [0.15, 0.2) is 11.9 Å². The maximum atomic E-state index is 12.3. The second-order valence-electron chi connectivity index (χ2n) is 6.57. The lowest BCUT2D eigenvalue weighted by Gasteiger charge is -2.14. The molecule has 1 atom stereocenters. The van der Waals surface area contributed by atoms with Crippen LogP contribution in [-0.4, -0.2) is 28.4 Å². The fraction of sp³-hybridized carbons (Fsp3) is 0.444. The highest BCUT2D eigenvalue weighted by molar-refractivity contribution is 5.90. The van der Waals surface area contributed by atoms with Crippen molar-refractivity contribution in [2.24, 2.45) is 5.10 Å². The molecule has 0 spiro atoms. The number of rotatable bonds is 5. The van der Waals surface area contributed by atoms with E-state index in [1.807, 2.05) is 24.1 Å². The Morgan fingerprint density at radius 2 is 2.08 bits per heavy atom. The van der Waals surface area contributed by atoms with Crippen molar-refractivity contribution in [3.05, 3.63) is 41.5 Å². The van der Waals surface area contributed by atoms with Crippen molar-refractivity contribution >= 4 is 17.4 Å². The fourth-order valence-corrected chi connectivity index (χ4v) is 2.73. The van der Waals surface area contributed by atoms with Crippen molar-refractivity contribution in [1.82, 2.24) is 10.1 Å². The van der Waals surface area contributed by atoms with Gasteiger partial charge in [-0.2, -0.15) is 10.1 Å². The van der Waals surface area contributed by atoms with Gasteiger partial charge in [0.2, 0.25) is 0 Å². The average molecular weight is 340 g/mol. The van der Waals surface area contributed by atoms with Crippen LogP contribution in [0.4, 0.5) is 5.69 Å². The maximum absolute atomic E-state index is 12.3. The average Bonchev–Trinajstić information content (AvgIpc) is 3.17. The minimum Gasteiger partial charge on any atom is -0.449 e. The SMILES string of the molecule is CC1=NN(c2ccc(C(=O)O[C@H](C)c3nc(C4CC4)no3)cc2)CC1. The van der Waals surface area contributed by atoms with Crippen molar-refractivity contribution in [2.75, 3.05) is 11.6 Å². The smallest absolute Gasteiger partial charge is 0.338 e. The van der Waals surface area contributed by atoms with Crippen LogP contribution >= 0.6 is 0 Å². The lowest BCUT2D eigenvalue weighted by molar-refractivity contribution is 0.0265. The Labute approximate surface area is 145 Å². The summed E-state index contributed by atoms with van der Waals surface area (Å²) < 4.78 is 10.6. The molecule has 7 heteroatoms. The molecule has 0 amide bonds. The Morgan fingerprint density at radius 1 is 1.32 bits per heavy atom. The number of hydrogen-bond donors (Lipinski definition) is 0. The highest BCUT2D eigenvalue weighted by atomic mass is 16.6. The Kier molecular flexibility index (Phi) is 3.99. The molecule has 2 aromatic rings. The second-order valence-corrected chi connectivity index (χ2v) is 6.57. The Balaban J connectivity index is 1.39. The van der Waals surface area contributed by atoms with E-state index < -0.39 is 12.1 Å². The summed E-state index contributed by atoms with van der Waals surface area (Å²) >= 11 is 0. The van der Waals surface area contributed by atoms with E-state index in [2.05, 4.69) is 15.2 Å². The highest BCUT2D eigenvalue weighted by Gasteiger charge is 2.30. The first kappa shape index (κ1) is 15.8. The third-order valence-corrected chi connectivity index (χ3v) is 4.41. The molecule has 0 bridgehead atoms. The van der Waals surface area contributed by atoms with E-state index in [0.717, 1.165) is 37.2 Å². The number of esters is 1. The van der Waals surface area contributed by atoms with Crippen LogP contribution in [0.2, 0.25) is 0 Å². The molecule has 130 valence electrons. The van der Waals surface area contributed by atoms with Crippen molar-refractivity contribution in [3.8, 4) is 0 Å². The number of ether oxygens (including phenoxy) is 1. The van der Waals surface area contributed by atoms with E-state index in [1.165, 1.54) is 0 Å². The third-order valence-electron chi connectivity index (χ3n) is 4.41. The molecule has 25 heavy (non-hydrogen) atoms. The lowest BCUT2D eigenvalue weighted by Crippen LogP contribution is -2.13. The van der Waals surface area contributed by atoms with E-state index in [4.69, 9.17) is 9.26 Å². The molecule has 1 saturated carbocycles. The van der Waals surface area contributed by atoms with Crippen LogP contribution in [0.5, 0.6) is 0 Å². The zero-order valence-electron chi connectivity index (χ0n) is 14.3. The van der Waals surface area contributed by atoms with E-state index in [-0.39, 0.29) is 0 Å². The largest absolute Gasteiger partial charge is 0.449 e. The van der Waals surface area contributed by atoms with Crippen LogP contribution in [-0.2, 0) is 4.74 Å². The van der Waals surface area contributed by atoms with Gasteiger partial charge in [-0.15, -0.1) is 0 Å². The minimum absolute atomic E-state index is 0.341. The molecule has 0 saturated heterocycles. The van der Waals surface area contributed by atoms with Crippen LogP contribution < -0.4 is 5.01 Å². The first-order valence-corrected chi connectivity index (χ1v) is 8.56. The molecular weight excluding hydrogens is 320 g/mol. The first-order valence-electron chi connectivity index (χ1n) is 8.56. The molecular formula is C18H20N4O3. The highest BCUT2D eigenvalue weighted by Crippen LogP contribution is 2.38. The first-order chi connectivity index (χ1) is 12.1. The van der Waals surface area contributed by atoms with Crippen LogP contribution in [0.25, 0.3) is 0 Å². The zero-order chi connectivity index (χ0) is 17.4. The summed E-state index contributed by atoms with van der Waals surface area (Å²) in [5.41, 5.74) is 2.56. The molecule has 1 fully saturated rings. The van der Waals surface area contributed by atoms with Gasteiger partial charge in [0.1, 0.15) is 0 Å². The summed E-state index contributed by atoms with van der Waals surface area (Å²) in [5.74, 6) is 1.05. The summed E-state index contributed by atoms with van der Waals surface area (Å²) in [4.78, 5) is 16.6. The van der Waals surface area contributed by atoms with Crippen molar-refractivity contribution in [1.29, 1.82) is 0 Å². The summed E-state index contributed by atoms with van der Waals surface area (Å²) in [6, 6.07) is 7.25. The van der Waals surface area contributed by atoms with Crippen LogP contribution in [0.1, 0.15) is 67.2 Å². The van der Waals surface area contributed by atoms with Crippen LogP contribution in [0.15, 0.2) is 33.9 Å². The number of carbonyl (C=O) groups excluding carboxylic acids is 1. The molecule has 7 nitrogen and oxygen atoms in total. The molecule has 0 unspecified atom stereocenters. The molecule has 1 aliphatic carbocycles. The topological polar surface area (TPSA) is 80.8 Å². The normalized spacial score (nSPS) is 18.2. The van der Waals surface area contributed by atoms with Gasteiger partial charge < -0.3 is 9.26 Å². The quantitative estimate of drug-likeness (QED) is 0.776. The van der Waals surface area contributed by atoms with E-state index >= 15 is 0 Å². The van der Waals surface area contributed by atoms with Gasteiger partial charge in [0.25, 0.3) is 5.89 Å². The fourth-order valence-electron chi connectivity index (χ4n) is 2.73. The second kappa shape index (κ2) is 6.31. The number of carbonyl (C=O) groups is 1. The summed E-state index contributed by atoms with van der Waals surface area (Å²) in [5, 5.41) is 10.3. The molecule has 1 aliphatic heterocycles. The van der Waals surface area contributed by atoms with Gasteiger partial charge in [-0.25, -0.2) is 4.79 Å². The summed E-state index contributed by atoms with van der Waals surface area (Å²) in [6.07, 6.45) is 2.59. The predicted octanol–water partition coefficient (Wildman–Crippen LogP) is 3.45. The lowest BCUT2D eigenvalue weighted by atomic mass is 10.2. The van der Waals surface area contributed by atoms with Crippen molar-refractivity contribution in [2.45, 2.75) is 45.1 Å². The zero-order valence-corrected chi connectivity index (χ0v) is 14.3. The van der Waals surface area contributed by atoms with Gasteiger partial charge >= 0.3 is 5.97 Å². The number of benzene rings is 1. The van der Waals surface area contributed by atoms with E-state index in [0.29, 0.717) is 23.2 Å². The van der Waals surface area contributed by atoms with Crippen molar-refractivity contribution in [3.63, 3.8) is 0 Å². The number of hydrazone groups is 1.